The van der Waals surface area contributed by atoms with E-state index in [1.54, 1.807) is 0 Å². The normalized spacial score (nSPS) is 16.4. The predicted molar refractivity (Wildman–Crippen MR) is 120 cm³/mol. The van der Waals surface area contributed by atoms with Gasteiger partial charge >= 0.3 is 0 Å². The highest BCUT2D eigenvalue weighted by Crippen LogP contribution is 2.31. The molecular weight excluding hydrogens is 380 g/mol. The minimum atomic E-state index is -0.489. The zero-order chi connectivity index (χ0) is 21.4. The lowest BCUT2D eigenvalue weighted by Crippen LogP contribution is -2.35. The van der Waals surface area contributed by atoms with Gasteiger partial charge in [0.1, 0.15) is 17.0 Å². The van der Waals surface area contributed by atoms with Gasteiger partial charge in [-0.05, 0) is 45.4 Å². The summed E-state index contributed by atoms with van der Waals surface area (Å²) in [4.78, 5) is 19.6. The number of nitrogens with zero attached hydrogens (tertiary/aromatic N) is 3. The van der Waals surface area contributed by atoms with Gasteiger partial charge in [-0.25, -0.2) is 5.10 Å². The summed E-state index contributed by atoms with van der Waals surface area (Å²) in [5.74, 6) is 0.715. The molecule has 0 atom stereocenters. The number of nitrogens with one attached hydrogen (secondary N) is 1. The Hall–Kier alpha value is -3.13. The van der Waals surface area contributed by atoms with Crippen molar-refractivity contribution in [2.24, 2.45) is 4.99 Å². The zero-order valence-corrected chi connectivity index (χ0v) is 17.7. The molecule has 0 saturated carbocycles. The SMILES string of the molecule is CCN1CCC(N=C(c2oc3ccc(C)cc3c2C)c2c(N)n[nH]c(=O)c2N)CC1. The van der Waals surface area contributed by atoms with E-state index in [0.717, 1.165) is 54.6 Å². The third kappa shape index (κ3) is 3.59. The molecule has 8 nitrogen and oxygen atoms in total. The Balaban J connectivity index is 1.89. The number of aromatic nitrogens is 2. The number of hydrogen-bond acceptors (Lipinski definition) is 7. The number of rotatable bonds is 4. The Morgan fingerprint density at radius 3 is 2.73 bits per heavy atom. The molecule has 0 spiro atoms. The van der Waals surface area contributed by atoms with Crippen molar-refractivity contribution in [2.45, 2.75) is 39.7 Å². The van der Waals surface area contributed by atoms with Gasteiger partial charge in [0, 0.05) is 24.0 Å². The molecule has 1 aliphatic rings. The molecule has 0 radical (unpaired) electrons. The molecule has 0 bridgehead atoms. The van der Waals surface area contributed by atoms with E-state index in [0.29, 0.717) is 17.0 Å². The van der Waals surface area contributed by atoms with Gasteiger partial charge in [0.15, 0.2) is 11.6 Å². The average molecular weight is 409 g/mol. The van der Waals surface area contributed by atoms with Crippen LogP contribution >= 0.6 is 0 Å². The van der Waals surface area contributed by atoms with Crippen LogP contribution < -0.4 is 17.0 Å². The number of aryl methyl sites for hydroxylation is 2. The Kier molecular flexibility index (Phi) is 5.34. The first kappa shape index (κ1) is 20.2. The second kappa shape index (κ2) is 7.95. The Morgan fingerprint density at radius 2 is 2.03 bits per heavy atom. The van der Waals surface area contributed by atoms with Crippen LogP contribution in [0.3, 0.4) is 0 Å². The molecule has 0 amide bonds. The topological polar surface area (TPSA) is 127 Å². The molecule has 1 fully saturated rings. The van der Waals surface area contributed by atoms with E-state index in [-0.39, 0.29) is 17.5 Å². The number of H-pyrrole nitrogens is 1. The second-order valence-electron chi connectivity index (χ2n) is 7.93. The maximum atomic E-state index is 12.2. The lowest BCUT2D eigenvalue weighted by molar-refractivity contribution is 0.224. The van der Waals surface area contributed by atoms with Crippen molar-refractivity contribution >= 4 is 28.2 Å². The Labute approximate surface area is 175 Å². The molecule has 0 unspecified atom stereocenters. The number of likely N-dealkylation sites (tertiary alicyclic amines) is 1. The van der Waals surface area contributed by atoms with Crippen LogP contribution in [0.25, 0.3) is 11.0 Å². The highest BCUT2D eigenvalue weighted by molar-refractivity contribution is 6.18. The summed E-state index contributed by atoms with van der Waals surface area (Å²) in [5.41, 5.74) is 15.5. The van der Waals surface area contributed by atoms with Crippen LogP contribution in [0.2, 0.25) is 0 Å². The van der Waals surface area contributed by atoms with Crippen molar-refractivity contribution in [3.8, 4) is 0 Å². The molecule has 5 N–H and O–H groups in total. The molecule has 0 aliphatic carbocycles. The molecule has 1 aromatic carbocycles. The summed E-state index contributed by atoms with van der Waals surface area (Å²) in [6.07, 6.45) is 1.85. The van der Waals surface area contributed by atoms with E-state index in [4.69, 9.17) is 20.9 Å². The molecule has 3 aromatic rings. The summed E-state index contributed by atoms with van der Waals surface area (Å²) in [6, 6.07) is 6.12. The fourth-order valence-corrected chi connectivity index (χ4v) is 4.07. The van der Waals surface area contributed by atoms with Gasteiger partial charge in [0.25, 0.3) is 5.56 Å². The number of aromatic amines is 1. The number of piperidine rings is 1. The third-order valence-corrected chi connectivity index (χ3v) is 5.91. The quantitative estimate of drug-likeness (QED) is 0.570. The van der Waals surface area contributed by atoms with Crippen LogP contribution in [0.4, 0.5) is 11.5 Å². The van der Waals surface area contributed by atoms with Crippen LogP contribution in [0.15, 0.2) is 32.4 Å². The second-order valence-corrected chi connectivity index (χ2v) is 7.93. The smallest absolute Gasteiger partial charge is 0.288 e. The number of fused-ring (bicyclic) bond motifs is 1. The van der Waals surface area contributed by atoms with Gasteiger partial charge in [-0.2, -0.15) is 5.10 Å². The molecule has 2 aromatic heterocycles. The lowest BCUT2D eigenvalue weighted by Gasteiger charge is -2.29. The minimum absolute atomic E-state index is 0.00304. The van der Waals surface area contributed by atoms with E-state index >= 15 is 0 Å². The van der Waals surface area contributed by atoms with E-state index in [1.807, 2.05) is 26.0 Å². The monoisotopic (exact) mass is 408 g/mol. The molecule has 1 aliphatic heterocycles. The van der Waals surface area contributed by atoms with Crippen molar-refractivity contribution in [1.29, 1.82) is 0 Å². The first-order valence-electron chi connectivity index (χ1n) is 10.3. The van der Waals surface area contributed by atoms with E-state index in [1.165, 1.54) is 0 Å². The number of aliphatic imine (C=N–C) groups is 1. The van der Waals surface area contributed by atoms with Gasteiger partial charge in [-0.1, -0.05) is 18.6 Å². The number of furan rings is 1. The van der Waals surface area contributed by atoms with Gasteiger partial charge in [-0.3, -0.25) is 9.79 Å². The zero-order valence-electron chi connectivity index (χ0n) is 17.7. The summed E-state index contributed by atoms with van der Waals surface area (Å²) in [7, 11) is 0. The van der Waals surface area contributed by atoms with Crippen molar-refractivity contribution in [1.82, 2.24) is 15.1 Å². The first-order chi connectivity index (χ1) is 14.4. The fourth-order valence-electron chi connectivity index (χ4n) is 4.07. The Bertz CT molecular complexity index is 1170. The fraction of sp³-hybridized carbons (Fsp3) is 0.409. The van der Waals surface area contributed by atoms with Crippen LogP contribution in [0, 0.1) is 13.8 Å². The molecule has 158 valence electrons. The first-order valence-corrected chi connectivity index (χ1v) is 10.3. The molecule has 8 heteroatoms. The summed E-state index contributed by atoms with van der Waals surface area (Å²) >= 11 is 0. The van der Waals surface area contributed by atoms with E-state index in [9.17, 15) is 4.79 Å². The number of nitrogens with two attached hydrogens (primary N) is 2. The molecular formula is C22H28N6O2. The van der Waals surface area contributed by atoms with Crippen molar-refractivity contribution in [3.63, 3.8) is 0 Å². The number of anilines is 2. The minimum Gasteiger partial charge on any atom is -0.454 e. The summed E-state index contributed by atoms with van der Waals surface area (Å²) in [5, 5.41) is 7.27. The van der Waals surface area contributed by atoms with Gasteiger partial charge in [-0.15, -0.1) is 0 Å². The third-order valence-electron chi connectivity index (χ3n) is 5.91. The average Bonchev–Trinajstić information content (AvgIpc) is 3.06. The number of benzene rings is 1. The maximum Gasteiger partial charge on any atom is 0.288 e. The van der Waals surface area contributed by atoms with Crippen molar-refractivity contribution in [2.75, 3.05) is 31.1 Å². The molecule has 4 rings (SSSR count). The summed E-state index contributed by atoms with van der Waals surface area (Å²) < 4.78 is 6.21. The number of nitrogen functional groups attached to an aromatic ring is 2. The van der Waals surface area contributed by atoms with Crippen LogP contribution in [0.5, 0.6) is 0 Å². The Morgan fingerprint density at radius 1 is 1.30 bits per heavy atom. The van der Waals surface area contributed by atoms with Gasteiger partial charge in [0.2, 0.25) is 0 Å². The molecule has 30 heavy (non-hydrogen) atoms. The van der Waals surface area contributed by atoms with E-state index in [2.05, 4.69) is 28.1 Å². The summed E-state index contributed by atoms with van der Waals surface area (Å²) in [6.45, 7) is 9.19. The standard InChI is InChI=1S/C22H28N6O2/c1-4-28-9-7-14(8-10-28)25-19(17-18(23)22(29)27-26-21(17)24)20-13(3)15-11-12(2)5-6-16(15)30-20/h5-6,11,14H,4,7-10H2,1-3H3,(H,27,29)(H4,23,24,26). The maximum absolute atomic E-state index is 12.2. The molecule has 3 heterocycles. The van der Waals surface area contributed by atoms with Gasteiger partial charge < -0.3 is 20.8 Å². The van der Waals surface area contributed by atoms with E-state index < -0.39 is 5.56 Å². The van der Waals surface area contributed by atoms with Crippen molar-refractivity contribution < 1.29 is 4.42 Å². The highest BCUT2D eigenvalue weighted by atomic mass is 16.3. The lowest BCUT2D eigenvalue weighted by atomic mass is 10.0. The van der Waals surface area contributed by atoms with Gasteiger partial charge in [0.05, 0.1) is 11.6 Å². The van der Waals surface area contributed by atoms with Crippen LogP contribution in [-0.4, -0.2) is 46.5 Å². The number of hydrogen-bond donors (Lipinski definition) is 3. The van der Waals surface area contributed by atoms with Crippen molar-refractivity contribution in [3.05, 3.63) is 51.0 Å². The highest BCUT2D eigenvalue weighted by Gasteiger charge is 2.26. The molecule has 1 saturated heterocycles. The largest absolute Gasteiger partial charge is 0.454 e. The van der Waals surface area contributed by atoms with Crippen LogP contribution in [-0.2, 0) is 0 Å². The predicted octanol–water partition coefficient (Wildman–Crippen LogP) is 2.62. The van der Waals surface area contributed by atoms with Crippen LogP contribution in [0.1, 0.15) is 42.2 Å².